The summed E-state index contributed by atoms with van der Waals surface area (Å²) in [5.74, 6) is -0.356. The molecular weight excluding hydrogens is 372 g/mol. The van der Waals surface area contributed by atoms with Crippen molar-refractivity contribution in [3.63, 3.8) is 0 Å². The molecule has 0 aromatic rings. The molecule has 5 aliphatic rings. The fraction of sp³-hybridized carbons (Fsp3) is 0.826. The second-order valence-corrected chi connectivity index (χ2v) is 10.4. The van der Waals surface area contributed by atoms with Gasteiger partial charge in [-0.05, 0) is 68.3 Å². The van der Waals surface area contributed by atoms with Crippen molar-refractivity contribution in [2.24, 2.45) is 34.0 Å². The van der Waals surface area contributed by atoms with Crippen LogP contribution in [0.5, 0.6) is 0 Å². The first kappa shape index (κ1) is 19.6. The zero-order valence-electron chi connectivity index (χ0n) is 17.8. The average Bonchev–Trinajstić information content (AvgIpc) is 3.09. The Hall–Kier alpha value is -1.40. The molecule has 5 fully saturated rings. The summed E-state index contributed by atoms with van der Waals surface area (Å²) in [5, 5.41) is 0. The van der Waals surface area contributed by atoms with Crippen molar-refractivity contribution in [2.45, 2.75) is 57.5 Å². The Balaban J connectivity index is 1.67. The molecule has 4 bridgehead atoms. The number of esters is 2. The lowest BCUT2D eigenvalue weighted by molar-refractivity contribution is -0.201. The first-order valence-corrected chi connectivity index (χ1v) is 10.9. The highest BCUT2D eigenvalue weighted by Gasteiger charge is 2.80. The molecule has 1 heterocycles. The number of fused-ring (bicyclic) bond motifs is 1. The quantitative estimate of drug-likeness (QED) is 0.407. The highest BCUT2D eigenvalue weighted by molar-refractivity contribution is 5.82. The Kier molecular flexibility index (Phi) is 4.09. The fourth-order valence-electron chi connectivity index (χ4n) is 8.65. The Bertz CT molecular complexity index is 777. The number of carbonyl (C=O) groups excluding carboxylic acids is 2. The molecule has 0 radical (unpaired) electrons. The van der Waals surface area contributed by atoms with Crippen molar-refractivity contribution in [3.05, 3.63) is 12.2 Å². The average molecular weight is 405 g/mol. The molecule has 160 valence electrons. The molecule has 1 spiro atoms. The third-order valence-corrected chi connectivity index (χ3v) is 9.47. The summed E-state index contributed by atoms with van der Waals surface area (Å²) in [5.41, 5.74) is -0.421. The normalized spacial score (nSPS) is 50.0. The Labute approximate surface area is 172 Å². The molecule has 0 aromatic heterocycles. The minimum absolute atomic E-state index is 0.0356. The maximum Gasteiger partial charge on any atom is 0.312 e. The number of hydrogen-bond donors (Lipinski definition) is 0. The molecule has 4 aliphatic carbocycles. The van der Waals surface area contributed by atoms with E-state index in [0.29, 0.717) is 12.5 Å². The van der Waals surface area contributed by atoms with Gasteiger partial charge in [0, 0.05) is 12.5 Å². The van der Waals surface area contributed by atoms with Crippen LogP contribution in [0.2, 0.25) is 0 Å². The molecule has 29 heavy (non-hydrogen) atoms. The van der Waals surface area contributed by atoms with Gasteiger partial charge in [0.25, 0.3) is 0 Å². The van der Waals surface area contributed by atoms with Crippen LogP contribution in [0.25, 0.3) is 0 Å². The molecule has 0 N–H and O–H groups in total. The minimum atomic E-state index is -0.624. The predicted octanol–water partition coefficient (Wildman–Crippen LogP) is 3.24. The molecule has 0 amide bonds. The second kappa shape index (κ2) is 6.07. The van der Waals surface area contributed by atoms with Crippen LogP contribution in [0.15, 0.2) is 12.2 Å². The van der Waals surface area contributed by atoms with Crippen molar-refractivity contribution < 1.29 is 28.5 Å². The zero-order valence-corrected chi connectivity index (χ0v) is 17.8. The van der Waals surface area contributed by atoms with Crippen LogP contribution in [-0.4, -0.2) is 45.2 Å². The molecule has 6 nitrogen and oxygen atoms in total. The Morgan fingerprint density at radius 2 is 2.03 bits per heavy atom. The van der Waals surface area contributed by atoms with Crippen molar-refractivity contribution in [1.29, 1.82) is 0 Å². The molecule has 5 rings (SSSR count). The molecule has 0 unspecified atom stereocenters. The van der Waals surface area contributed by atoms with E-state index in [1.807, 2.05) is 6.92 Å². The van der Waals surface area contributed by atoms with E-state index >= 15 is 0 Å². The first-order chi connectivity index (χ1) is 13.8. The summed E-state index contributed by atoms with van der Waals surface area (Å²) in [6.45, 7) is 7.08. The van der Waals surface area contributed by atoms with Crippen LogP contribution in [0.4, 0.5) is 0 Å². The summed E-state index contributed by atoms with van der Waals surface area (Å²) in [6.07, 6.45) is 6.16. The molecular formula is C23H32O6. The number of cyclic esters (lactones) is 1. The zero-order chi connectivity index (χ0) is 20.7. The van der Waals surface area contributed by atoms with Gasteiger partial charge in [-0.1, -0.05) is 13.0 Å². The van der Waals surface area contributed by atoms with Gasteiger partial charge in [-0.3, -0.25) is 9.59 Å². The summed E-state index contributed by atoms with van der Waals surface area (Å²) in [6, 6.07) is 0. The summed E-state index contributed by atoms with van der Waals surface area (Å²) in [7, 11) is 3.10. The van der Waals surface area contributed by atoms with Crippen molar-refractivity contribution in [3.8, 4) is 0 Å². The lowest BCUT2D eigenvalue weighted by atomic mass is 9.51. The molecule has 1 aliphatic heterocycles. The highest BCUT2D eigenvalue weighted by atomic mass is 16.7. The molecule has 4 saturated carbocycles. The van der Waals surface area contributed by atoms with Crippen molar-refractivity contribution >= 4 is 11.9 Å². The molecule has 0 aromatic carbocycles. The van der Waals surface area contributed by atoms with Gasteiger partial charge < -0.3 is 18.9 Å². The van der Waals surface area contributed by atoms with Gasteiger partial charge in [0.1, 0.15) is 6.79 Å². The third kappa shape index (κ3) is 2.15. The van der Waals surface area contributed by atoms with Gasteiger partial charge in [0.05, 0.1) is 30.7 Å². The van der Waals surface area contributed by atoms with E-state index in [2.05, 4.69) is 6.58 Å². The number of hydrogen-bond acceptors (Lipinski definition) is 6. The molecule has 6 heteroatoms. The van der Waals surface area contributed by atoms with E-state index in [-0.39, 0.29) is 41.4 Å². The van der Waals surface area contributed by atoms with Gasteiger partial charge >= 0.3 is 11.9 Å². The number of ether oxygens (including phenoxy) is 4. The Morgan fingerprint density at radius 1 is 1.24 bits per heavy atom. The van der Waals surface area contributed by atoms with E-state index in [0.717, 1.165) is 50.5 Å². The van der Waals surface area contributed by atoms with Crippen LogP contribution in [0.1, 0.15) is 51.9 Å². The maximum atomic E-state index is 13.3. The summed E-state index contributed by atoms with van der Waals surface area (Å²) < 4.78 is 22.6. The summed E-state index contributed by atoms with van der Waals surface area (Å²) in [4.78, 5) is 26.3. The van der Waals surface area contributed by atoms with E-state index in [1.165, 1.54) is 7.11 Å². The van der Waals surface area contributed by atoms with Gasteiger partial charge in [-0.2, -0.15) is 0 Å². The van der Waals surface area contributed by atoms with Gasteiger partial charge in [-0.25, -0.2) is 0 Å². The smallest absolute Gasteiger partial charge is 0.312 e. The maximum absolute atomic E-state index is 13.3. The van der Waals surface area contributed by atoms with Gasteiger partial charge in [0.2, 0.25) is 0 Å². The largest absolute Gasteiger partial charge is 0.469 e. The van der Waals surface area contributed by atoms with E-state index in [9.17, 15) is 9.59 Å². The standard InChI is InChI=1S/C23H32O6/c1-14-10-22-11-23(14,29-13-26-3)9-6-15(22)21-8-5-7-20(2,19(25)28-12-21)17(21)16(22)18(24)27-4/h15-17H,1,5-13H2,2-4H3/t15-,16+,17+,20+,21+,22-,23-/m0/s1. The van der Waals surface area contributed by atoms with E-state index in [4.69, 9.17) is 18.9 Å². The fourth-order valence-corrected chi connectivity index (χ4v) is 8.65. The monoisotopic (exact) mass is 404 g/mol. The first-order valence-electron chi connectivity index (χ1n) is 10.9. The SMILES string of the molecule is C=C1C[C@]23C[C@@]1(OCOC)CC[C@H]2[C@@]12CCC[C@@](C)(C(=O)OC1)[C@H]2[C@@H]3C(=O)OC. The lowest BCUT2D eigenvalue weighted by Crippen LogP contribution is -2.58. The van der Waals surface area contributed by atoms with Crippen LogP contribution in [0.3, 0.4) is 0 Å². The van der Waals surface area contributed by atoms with E-state index in [1.54, 1.807) is 7.11 Å². The molecule has 7 atom stereocenters. The predicted molar refractivity (Wildman–Crippen MR) is 104 cm³/mol. The van der Waals surface area contributed by atoms with Gasteiger partial charge in [0.15, 0.2) is 0 Å². The van der Waals surface area contributed by atoms with Crippen molar-refractivity contribution in [1.82, 2.24) is 0 Å². The lowest BCUT2D eigenvalue weighted by Gasteiger charge is -2.55. The van der Waals surface area contributed by atoms with Crippen molar-refractivity contribution in [2.75, 3.05) is 27.6 Å². The van der Waals surface area contributed by atoms with Crippen LogP contribution in [-0.2, 0) is 28.5 Å². The Morgan fingerprint density at radius 3 is 2.76 bits per heavy atom. The summed E-state index contributed by atoms with van der Waals surface area (Å²) >= 11 is 0. The highest BCUT2D eigenvalue weighted by Crippen LogP contribution is 2.79. The second-order valence-electron chi connectivity index (χ2n) is 10.4. The minimum Gasteiger partial charge on any atom is -0.469 e. The van der Waals surface area contributed by atoms with E-state index < -0.39 is 11.0 Å². The third-order valence-electron chi connectivity index (χ3n) is 9.47. The number of carbonyl (C=O) groups is 2. The topological polar surface area (TPSA) is 71.1 Å². The molecule has 1 saturated heterocycles. The van der Waals surface area contributed by atoms with Crippen LogP contribution >= 0.6 is 0 Å². The number of methoxy groups -OCH3 is 2. The van der Waals surface area contributed by atoms with Gasteiger partial charge in [-0.15, -0.1) is 0 Å². The number of rotatable bonds is 4. The van der Waals surface area contributed by atoms with Crippen LogP contribution in [0, 0.1) is 34.0 Å². The van der Waals surface area contributed by atoms with Crippen LogP contribution < -0.4 is 0 Å².